The van der Waals surface area contributed by atoms with Gasteiger partial charge in [0.15, 0.2) is 5.78 Å². The van der Waals surface area contributed by atoms with Gasteiger partial charge in [-0.25, -0.2) is 0 Å². The molecular weight excluding hydrogens is 436 g/mol. The molecule has 1 saturated carbocycles. The summed E-state index contributed by atoms with van der Waals surface area (Å²) < 4.78 is 0. The quantitative estimate of drug-likeness (QED) is 0.483. The summed E-state index contributed by atoms with van der Waals surface area (Å²) in [5.41, 5.74) is 1.29. The molecule has 1 aliphatic carbocycles. The number of carbonyl (C=O) groups is 4. The molecule has 2 aromatic rings. The summed E-state index contributed by atoms with van der Waals surface area (Å²) in [7, 11) is 0. The second-order valence-corrected chi connectivity index (χ2v) is 9.73. The van der Waals surface area contributed by atoms with Gasteiger partial charge in [-0.05, 0) is 49.7 Å². The van der Waals surface area contributed by atoms with Crippen LogP contribution in [0, 0.1) is 17.8 Å². The molecule has 1 aromatic carbocycles. The van der Waals surface area contributed by atoms with Crippen LogP contribution in [0.1, 0.15) is 42.6 Å². The zero-order valence-electron chi connectivity index (χ0n) is 19.0. The van der Waals surface area contributed by atoms with E-state index in [0.717, 1.165) is 30.2 Å². The molecule has 34 heavy (non-hydrogen) atoms. The summed E-state index contributed by atoms with van der Waals surface area (Å²) in [6.07, 6.45) is 3.56. The predicted octanol–water partition coefficient (Wildman–Crippen LogP) is 0.981. The average molecular weight is 467 g/mol. The number of aliphatic hydroxyl groups excluding tert-OH is 1. The maximum Gasteiger partial charge on any atom is 0.271 e. The summed E-state index contributed by atoms with van der Waals surface area (Å²) in [6, 6.07) is 7.79. The van der Waals surface area contributed by atoms with Gasteiger partial charge in [-0.1, -0.05) is 24.6 Å². The Hall–Kier alpha value is -3.20. The van der Waals surface area contributed by atoms with Gasteiger partial charge in [0.05, 0.1) is 6.04 Å². The number of ketones is 1. The molecule has 2 saturated heterocycles. The highest BCUT2D eigenvalue weighted by Gasteiger charge is 2.50. The van der Waals surface area contributed by atoms with Crippen LogP contribution in [-0.2, 0) is 14.4 Å². The summed E-state index contributed by atoms with van der Waals surface area (Å²) in [5.74, 6) is -1.38. The topological polar surface area (TPSA) is 132 Å². The number of amides is 3. The van der Waals surface area contributed by atoms with E-state index in [0.29, 0.717) is 25.2 Å². The SMILES string of the molecule is O=C1NCC[C@H]1C[C@@H](NC(=O)[C@H]1[C@H]2CCC[C@H]2CN1C(=O)c1cc2ccccc2[nH]1)C(=O)CO. The molecule has 3 fully saturated rings. The van der Waals surface area contributed by atoms with E-state index in [-0.39, 0.29) is 41.9 Å². The third kappa shape index (κ3) is 4.09. The number of nitrogens with zero attached hydrogens (tertiary/aromatic N) is 1. The average Bonchev–Trinajstić information content (AvgIpc) is 3.61. The van der Waals surface area contributed by atoms with Crippen molar-refractivity contribution in [3.05, 3.63) is 36.0 Å². The highest BCUT2D eigenvalue weighted by atomic mass is 16.3. The monoisotopic (exact) mass is 466 g/mol. The Morgan fingerprint density at radius 3 is 2.74 bits per heavy atom. The Morgan fingerprint density at radius 1 is 1.18 bits per heavy atom. The molecular formula is C25H30N4O5. The molecule has 0 radical (unpaired) electrons. The number of fused-ring (bicyclic) bond motifs is 2. The summed E-state index contributed by atoms with van der Waals surface area (Å²) in [6.45, 7) is 0.324. The number of hydrogen-bond donors (Lipinski definition) is 4. The minimum absolute atomic E-state index is 0.0352. The molecule has 5 rings (SSSR count). The van der Waals surface area contributed by atoms with Gasteiger partial charge in [-0.15, -0.1) is 0 Å². The first-order valence-electron chi connectivity index (χ1n) is 12.1. The second kappa shape index (κ2) is 9.21. The first kappa shape index (κ1) is 22.6. The standard InChI is InChI=1S/C25H30N4O5/c30-13-21(31)19(11-15-8-9-26-23(15)32)28-24(33)22-17-6-3-5-16(17)12-29(22)25(34)20-10-14-4-1-2-7-18(14)27-20/h1-2,4,7,10,15-17,19,22,27,30H,3,5-6,8-9,11-13H2,(H,26,32)(H,28,33)/t15-,16-,17-,19+,22+/m0/s1. The molecule has 0 spiro atoms. The third-order valence-corrected chi connectivity index (χ3v) is 7.72. The zero-order chi connectivity index (χ0) is 23.8. The van der Waals surface area contributed by atoms with Gasteiger partial charge in [0.2, 0.25) is 11.8 Å². The highest BCUT2D eigenvalue weighted by Crippen LogP contribution is 2.43. The summed E-state index contributed by atoms with van der Waals surface area (Å²) in [5, 5.41) is 15.9. The van der Waals surface area contributed by atoms with Crippen LogP contribution < -0.4 is 10.6 Å². The molecule has 1 aromatic heterocycles. The van der Waals surface area contributed by atoms with Crippen LogP contribution in [0.2, 0.25) is 0 Å². The van der Waals surface area contributed by atoms with Crippen molar-refractivity contribution in [2.45, 2.75) is 44.2 Å². The fourth-order valence-corrected chi connectivity index (χ4v) is 5.99. The van der Waals surface area contributed by atoms with Crippen molar-refractivity contribution in [3.8, 4) is 0 Å². The van der Waals surface area contributed by atoms with E-state index < -0.39 is 24.5 Å². The zero-order valence-corrected chi connectivity index (χ0v) is 19.0. The minimum atomic E-state index is -0.961. The van der Waals surface area contributed by atoms with Crippen LogP contribution in [0.3, 0.4) is 0 Å². The minimum Gasteiger partial charge on any atom is -0.389 e. The summed E-state index contributed by atoms with van der Waals surface area (Å²) in [4.78, 5) is 56.3. The number of likely N-dealkylation sites (tertiary alicyclic amines) is 1. The van der Waals surface area contributed by atoms with Gasteiger partial charge in [0.25, 0.3) is 5.91 Å². The number of aliphatic hydroxyl groups is 1. The fraction of sp³-hybridized carbons (Fsp3) is 0.520. The van der Waals surface area contributed by atoms with Crippen molar-refractivity contribution in [1.82, 2.24) is 20.5 Å². The number of H-pyrrole nitrogens is 1. The first-order valence-corrected chi connectivity index (χ1v) is 12.1. The predicted molar refractivity (Wildman–Crippen MR) is 124 cm³/mol. The molecule has 9 nitrogen and oxygen atoms in total. The number of nitrogens with one attached hydrogen (secondary N) is 3. The number of para-hydroxylation sites is 1. The van der Waals surface area contributed by atoms with E-state index in [9.17, 15) is 24.3 Å². The molecule has 3 heterocycles. The van der Waals surface area contributed by atoms with Crippen molar-refractivity contribution in [2.75, 3.05) is 19.7 Å². The lowest BCUT2D eigenvalue weighted by molar-refractivity contribution is -0.133. The van der Waals surface area contributed by atoms with E-state index in [1.165, 1.54) is 0 Å². The maximum absolute atomic E-state index is 13.5. The molecule has 3 amide bonds. The normalized spacial score (nSPS) is 27.0. The van der Waals surface area contributed by atoms with Crippen molar-refractivity contribution < 1.29 is 24.3 Å². The lowest BCUT2D eigenvalue weighted by atomic mass is 9.92. The lowest BCUT2D eigenvalue weighted by Gasteiger charge is -2.29. The molecule has 0 bridgehead atoms. The first-order chi connectivity index (χ1) is 16.5. The Balaban J connectivity index is 1.38. The van der Waals surface area contributed by atoms with E-state index in [1.54, 1.807) is 11.0 Å². The van der Waals surface area contributed by atoms with Gasteiger partial charge in [0.1, 0.15) is 18.3 Å². The Morgan fingerprint density at radius 2 is 2.00 bits per heavy atom. The van der Waals surface area contributed by atoms with Gasteiger partial charge in [-0.2, -0.15) is 0 Å². The van der Waals surface area contributed by atoms with Crippen molar-refractivity contribution in [1.29, 1.82) is 0 Å². The van der Waals surface area contributed by atoms with Crippen molar-refractivity contribution >= 4 is 34.4 Å². The van der Waals surface area contributed by atoms with E-state index in [4.69, 9.17) is 0 Å². The Bertz CT molecular complexity index is 1090. The van der Waals surface area contributed by atoms with Gasteiger partial charge in [-0.3, -0.25) is 19.2 Å². The molecule has 2 aliphatic heterocycles. The van der Waals surface area contributed by atoms with Crippen LogP contribution in [0.15, 0.2) is 30.3 Å². The van der Waals surface area contributed by atoms with Crippen LogP contribution in [-0.4, -0.2) is 70.3 Å². The highest BCUT2D eigenvalue weighted by molar-refractivity contribution is 6.01. The largest absolute Gasteiger partial charge is 0.389 e. The lowest BCUT2D eigenvalue weighted by Crippen LogP contribution is -2.53. The maximum atomic E-state index is 13.5. The number of aromatic nitrogens is 1. The van der Waals surface area contributed by atoms with E-state index in [1.807, 2.05) is 24.3 Å². The molecule has 9 heteroatoms. The van der Waals surface area contributed by atoms with Gasteiger partial charge >= 0.3 is 0 Å². The fourth-order valence-electron chi connectivity index (χ4n) is 5.99. The number of rotatable bonds is 7. The Labute approximate surface area is 197 Å². The molecule has 0 unspecified atom stereocenters. The van der Waals surface area contributed by atoms with E-state index in [2.05, 4.69) is 15.6 Å². The molecule has 4 N–H and O–H groups in total. The molecule has 3 aliphatic rings. The molecule has 5 atom stereocenters. The number of hydrogen-bond acceptors (Lipinski definition) is 5. The number of Topliss-reactive ketones (excluding diaryl/α,β-unsaturated/α-hetero) is 1. The van der Waals surface area contributed by atoms with Crippen molar-refractivity contribution in [3.63, 3.8) is 0 Å². The third-order valence-electron chi connectivity index (χ3n) is 7.72. The Kier molecular flexibility index (Phi) is 6.12. The molecule has 180 valence electrons. The van der Waals surface area contributed by atoms with Gasteiger partial charge in [0, 0.05) is 29.9 Å². The number of carbonyl (C=O) groups excluding carboxylic acids is 4. The van der Waals surface area contributed by atoms with Crippen LogP contribution in [0.4, 0.5) is 0 Å². The van der Waals surface area contributed by atoms with Crippen LogP contribution in [0.5, 0.6) is 0 Å². The summed E-state index contributed by atoms with van der Waals surface area (Å²) >= 11 is 0. The van der Waals surface area contributed by atoms with Crippen molar-refractivity contribution in [2.24, 2.45) is 17.8 Å². The smallest absolute Gasteiger partial charge is 0.271 e. The number of benzene rings is 1. The number of aromatic amines is 1. The van der Waals surface area contributed by atoms with E-state index >= 15 is 0 Å². The van der Waals surface area contributed by atoms with Gasteiger partial charge < -0.3 is 25.6 Å². The van der Waals surface area contributed by atoms with Crippen LogP contribution >= 0.6 is 0 Å². The second-order valence-electron chi connectivity index (χ2n) is 9.73. The van der Waals surface area contributed by atoms with Crippen LogP contribution in [0.25, 0.3) is 10.9 Å².